The number of nitrogens with one attached hydrogen (secondary N) is 1. The molecule has 0 fully saturated rings. The summed E-state index contributed by atoms with van der Waals surface area (Å²) in [7, 11) is 5.14. The minimum Gasteiger partial charge on any atom is -0.478 e. The van der Waals surface area contributed by atoms with Crippen LogP contribution in [0.5, 0.6) is 0 Å². The van der Waals surface area contributed by atoms with E-state index >= 15 is 0 Å². The van der Waals surface area contributed by atoms with Crippen molar-refractivity contribution in [2.24, 2.45) is 0 Å². The Morgan fingerprint density at radius 2 is 2.17 bits per heavy atom. The van der Waals surface area contributed by atoms with E-state index in [1.54, 1.807) is 26.0 Å². The molecule has 0 radical (unpaired) electrons. The monoisotopic (exact) mass is 192 g/mol. The highest BCUT2D eigenvalue weighted by Crippen LogP contribution is 2.24. The average Bonchev–Trinajstić information content (AvgIpc) is 1.98. The fourth-order valence-corrected chi connectivity index (χ4v) is 1.94. The summed E-state index contributed by atoms with van der Waals surface area (Å²) >= 11 is 1.36. The second-order valence-electron chi connectivity index (χ2n) is 2.53. The van der Waals surface area contributed by atoms with Crippen molar-refractivity contribution in [3.63, 3.8) is 0 Å². The molecular weight excluding hydrogens is 176 g/mol. The fraction of sp³-hybridized carbons (Fsp3) is 0.857. The van der Waals surface area contributed by atoms with Crippen molar-refractivity contribution in [3.8, 4) is 0 Å². The number of rotatable bonds is 5. The molecule has 0 rings (SSSR count). The molecule has 72 valence electrons. The summed E-state index contributed by atoms with van der Waals surface area (Å²) in [4.78, 5) is 11.6. The topological polar surface area (TPSA) is 52.6 Å². The second kappa shape index (κ2) is 4.69. The summed E-state index contributed by atoms with van der Waals surface area (Å²) in [6.45, 7) is 1.93. The van der Waals surface area contributed by atoms with Gasteiger partial charge in [-0.15, -0.1) is 11.8 Å². The van der Waals surface area contributed by atoms with Crippen molar-refractivity contribution in [1.29, 1.82) is 0 Å². The first-order valence-electron chi connectivity index (χ1n) is 3.75. The Labute approximate surface area is 77.3 Å². The van der Waals surface area contributed by atoms with Gasteiger partial charge >= 0.3 is 5.97 Å². The van der Waals surface area contributed by atoms with Crippen LogP contribution in [-0.4, -0.2) is 47.9 Å². The standard InChI is InChI=1S/C7H16N2O2S/c1-5-12-7(8-2,6(10)11)9(3)4/h8H,5H2,1-4H3,(H,10,11). The van der Waals surface area contributed by atoms with E-state index in [0.717, 1.165) is 5.75 Å². The van der Waals surface area contributed by atoms with Crippen LogP contribution in [0.15, 0.2) is 0 Å². The number of likely N-dealkylation sites (N-methyl/N-ethyl adjacent to an activating group) is 2. The largest absolute Gasteiger partial charge is 0.478 e. The summed E-state index contributed by atoms with van der Waals surface area (Å²) in [5.74, 6) is -0.104. The predicted molar refractivity (Wildman–Crippen MR) is 51.2 cm³/mol. The molecule has 0 saturated heterocycles. The van der Waals surface area contributed by atoms with Gasteiger partial charge in [-0.3, -0.25) is 10.2 Å². The summed E-state index contributed by atoms with van der Waals surface area (Å²) in [5.41, 5.74) is 0. The molecular formula is C7H16N2O2S. The molecule has 12 heavy (non-hydrogen) atoms. The van der Waals surface area contributed by atoms with Crippen LogP contribution in [0.4, 0.5) is 0 Å². The molecule has 0 amide bonds. The van der Waals surface area contributed by atoms with Gasteiger partial charge in [0.2, 0.25) is 4.99 Å². The molecule has 0 aliphatic carbocycles. The van der Waals surface area contributed by atoms with E-state index in [1.807, 2.05) is 6.92 Å². The SMILES string of the molecule is CCSC(NC)(C(=O)O)N(C)C. The average molecular weight is 192 g/mol. The van der Waals surface area contributed by atoms with E-state index in [2.05, 4.69) is 5.32 Å². The first-order valence-corrected chi connectivity index (χ1v) is 4.73. The molecule has 2 N–H and O–H groups in total. The Kier molecular flexibility index (Phi) is 4.59. The van der Waals surface area contributed by atoms with Gasteiger partial charge in [0.15, 0.2) is 0 Å². The zero-order chi connectivity index (χ0) is 9.78. The van der Waals surface area contributed by atoms with Gasteiger partial charge in [-0.05, 0) is 26.9 Å². The Hall–Kier alpha value is -0.260. The molecule has 0 saturated carbocycles. The summed E-state index contributed by atoms with van der Waals surface area (Å²) < 4.78 is 0. The van der Waals surface area contributed by atoms with E-state index in [1.165, 1.54) is 11.8 Å². The Morgan fingerprint density at radius 3 is 2.25 bits per heavy atom. The normalized spacial score (nSPS) is 16.1. The number of hydrogen-bond donors (Lipinski definition) is 2. The smallest absolute Gasteiger partial charge is 0.350 e. The lowest BCUT2D eigenvalue weighted by Crippen LogP contribution is -2.57. The maximum absolute atomic E-state index is 11.0. The molecule has 0 aromatic heterocycles. The molecule has 1 atom stereocenters. The minimum atomic E-state index is -0.991. The third-order valence-electron chi connectivity index (χ3n) is 1.61. The number of carboxylic acid groups (broad SMARTS) is 1. The number of thioether (sulfide) groups is 1. The first kappa shape index (κ1) is 11.7. The van der Waals surface area contributed by atoms with Gasteiger partial charge < -0.3 is 5.11 Å². The Bertz CT molecular complexity index is 163. The van der Waals surface area contributed by atoms with Crippen LogP contribution in [0.25, 0.3) is 0 Å². The molecule has 0 heterocycles. The van der Waals surface area contributed by atoms with E-state index in [-0.39, 0.29) is 0 Å². The number of nitrogens with zero attached hydrogens (tertiary/aromatic N) is 1. The van der Waals surface area contributed by atoms with Crippen molar-refractivity contribution in [1.82, 2.24) is 10.2 Å². The highest BCUT2D eigenvalue weighted by molar-refractivity contribution is 8.01. The molecule has 1 unspecified atom stereocenters. The second-order valence-corrected chi connectivity index (χ2v) is 3.98. The van der Waals surface area contributed by atoms with Crippen molar-refractivity contribution < 1.29 is 9.90 Å². The van der Waals surface area contributed by atoms with Gasteiger partial charge in [0.25, 0.3) is 0 Å². The van der Waals surface area contributed by atoms with E-state index in [0.29, 0.717) is 0 Å². The van der Waals surface area contributed by atoms with Gasteiger partial charge in [0.1, 0.15) is 0 Å². The number of carbonyl (C=O) groups is 1. The molecule has 0 aliphatic rings. The van der Waals surface area contributed by atoms with Crippen LogP contribution in [0, 0.1) is 0 Å². The molecule has 0 spiro atoms. The maximum atomic E-state index is 11.0. The quantitative estimate of drug-likeness (QED) is 0.612. The third-order valence-corrected chi connectivity index (χ3v) is 3.06. The lowest BCUT2D eigenvalue weighted by molar-refractivity contribution is -0.145. The highest BCUT2D eigenvalue weighted by atomic mass is 32.2. The van der Waals surface area contributed by atoms with E-state index in [9.17, 15) is 4.79 Å². The fourth-order valence-electron chi connectivity index (χ4n) is 0.994. The molecule has 4 nitrogen and oxygen atoms in total. The lowest BCUT2D eigenvalue weighted by atomic mass is 10.4. The number of hydrogen-bond acceptors (Lipinski definition) is 4. The summed E-state index contributed by atoms with van der Waals surface area (Å²) in [6, 6.07) is 0. The summed E-state index contributed by atoms with van der Waals surface area (Å²) in [6.07, 6.45) is 0. The molecule has 0 aromatic carbocycles. The van der Waals surface area contributed by atoms with Crippen LogP contribution in [-0.2, 0) is 4.79 Å². The summed E-state index contributed by atoms with van der Waals surface area (Å²) in [5, 5.41) is 11.8. The van der Waals surface area contributed by atoms with Crippen LogP contribution in [0.3, 0.4) is 0 Å². The van der Waals surface area contributed by atoms with Gasteiger partial charge in [0, 0.05) is 0 Å². The van der Waals surface area contributed by atoms with E-state index < -0.39 is 11.0 Å². The lowest BCUT2D eigenvalue weighted by Gasteiger charge is -2.34. The zero-order valence-corrected chi connectivity index (χ0v) is 8.73. The van der Waals surface area contributed by atoms with Crippen molar-refractivity contribution in [2.75, 3.05) is 26.9 Å². The molecule has 5 heteroatoms. The van der Waals surface area contributed by atoms with Gasteiger partial charge in [-0.1, -0.05) is 6.92 Å². The highest BCUT2D eigenvalue weighted by Gasteiger charge is 2.39. The van der Waals surface area contributed by atoms with Crippen LogP contribution < -0.4 is 5.32 Å². The van der Waals surface area contributed by atoms with Gasteiger partial charge in [0.05, 0.1) is 0 Å². The van der Waals surface area contributed by atoms with Crippen LogP contribution in [0.2, 0.25) is 0 Å². The van der Waals surface area contributed by atoms with Crippen molar-refractivity contribution >= 4 is 17.7 Å². The Morgan fingerprint density at radius 1 is 1.67 bits per heavy atom. The van der Waals surface area contributed by atoms with Gasteiger partial charge in [-0.2, -0.15) is 0 Å². The third kappa shape index (κ3) is 2.12. The predicted octanol–water partition coefficient (Wildman–Crippen LogP) is 0.259. The van der Waals surface area contributed by atoms with Crippen LogP contribution >= 0.6 is 11.8 Å². The molecule has 0 bridgehead atoms. The first-order chi connectivity index (χ1) is 5.51. The minimum absolute atomic E-state index is 0.755. The molecule has 0 aromatic rings. The van der Waals surface area contributed by atoms with Crippen molar-refractivity contribution in [3.05, 3.63) is 0 Å². The van der Waals surface area contributed by atoms with Crippen LogP contribution in [0.1, 0.15) is 6.92 Å². The Balaban J connectivity index is 4.63. The number of aliphatic carboxylic acids is 1. The zero-order valence-electron chi connectivity index (χ0n) is 7.92. The number of carboxylic acids is 1. The molecule has 0 aliphatic heterocycles. The van der Waals surface area contributed by atoms with Gasteiger partial charge in [-0.25, -0.2) is 4.79 Å². The van der Waals surface area contributed by atoms with E-state index in [4.69, 9.17) is 5.11 Å². The maximum Gasteiger partial charge on any atom is 0.350 e. The van der Waals surface area contributed by atoms with Crippen molar-refractivity contribution in [2.45, 2.75) is 11.9 Å².